The van der Waals surface area contributed by atoms with Crippen molar-refractivity contribution < 1.29 is 22.8 Å². The maximum absolute atomic E-state index is 14.0. The predicted molar refractivity (Wildman–Crippen MR) is 89.1 cm³/mol. The van der Waals surface area contributed by atoms with Crippen molar-refractivity contribution in [1.82, 2.24) is 20.2 Å². The number of hydrogen-bond acceptors (Lipinski definition) is 4. The molecule has 0 unspecified atom stereocenters. The summed E-state index contributed by atoms with van der Waals surface area (Å²) in [4.78, 5) is 32.9. The lowest BCUT2D eigenvalue weighted by Crippen LogP contribution is -2.45. The van der Waals surface area contributed by atoms with E-state index in [1.54, 1.807) is 0 Å². The molecule has 0 saturated carbocycles. The second kappa shape index (κ2) is 7.22. The van der Waals surface area contributed by atoms with E-state index >= 15 is 0 Å². The van der Waals surface area contributed by atoms with Crippen LogP contribution >= 0.6 is 0 Å². The zero-order chi connectivity index (χ0) is 19.7. The second-order valence-corrected chi connectivity index (χ2v) is 6.12. The number of anilines is 1. The fraction of sp³-hybridized carbons (Fsp3) is 0.294. The highest BCUT2D eigenvalue weighted by molar-refractivity contribution is 5.94. The molecule has 0 saturated heterocycles. The van der Waals surface area contributed by atoms with Crippen molar-refractivity contribution >= 4 is 17.6 Å². The molecule has 1 aromatic carbocycles. The summed E-state index contributed by atoms with van der Waals surface area (Å²) in [5.41, 5.74) is 0.262. The third kappa shape index (κ3) is 3.69. The van der Waals surface area contributed by atoms with Crippen molar-refractivity contribution in [2.45, 2.75) is 26.4 Å². The van der Waals surface area contributed by atoms with Gasteiger partial charge >= 0.3 is 6.03 Å². The zero-order valence-electron chi connectivity index (χ0n) is 14.5. The Labute approximate surface area is 152 Å². The van der Waals surface area contributed by atoms with Gasteiger partial charge in [-0.05, 0) is 26.0 Å². The number of nitrogens with one attached hydrogen (secondary N) is 2. The van der Waals surface area contributed by atoms with E-state index in [1.807, 2.05) is 0 Å². The van der Waals surface area contributed by atoms with Crippen LogP contribution in [0.4, 0.5) is 23.7 Å². The third-order valence-corrected chi connectivity index (χ3v) is 4.19. The van der Waals surface area contributed by atoms with E-state index < -0.39 is 42.0 Å². The fourth-order valence-corrected chi connectivity index (χ4v) is 2.76. The molecular formula is C17H16F3N5O2. The van der Waals surface area contributed by atoms with Crippen molar-refractivity contribution in [2.75, 3.05) is 11.9 Å². The number of benzene rings is 1. The van der Waals surface area contributed by atoms with E-state index in [-0.39, 0.29) is 29.2 Å². The molecule has 0 fully saturated rings. The van der Waals surface area contributed by atoms with Gasteiger partial charge in [0, 0.05) is 5.56 Å². The van der Waals surface area contributed by atoms with Crippen LogP contribution in [0.15, 0.2) is 18.5 Å². The molecule has 2 N–H and O–H groups in total. The van der Waals surface area contributed by atoms with E-state index in [1.165, 1.54) is 26.2 Å². The Morgan fingerprint density at radius 2 is 2.04 bits per heavy atom. The van der Waals surface area contributed by atoms with Gasteiger partial charge in [0.25, 0.3) is 0 Å². The summed E-state index contributed by atoms with van der Waals surface area (Å²) in [6.45, 7) is 2.31. The number of urea groups is 1. The Morgan fingerprint density at radius 3 is 2.78 bits per heavy atom. The molecular weight excluding hydrogens is 363 g/mol. The number of amides is 3. The van der Waals surface area contributed by atoms with Gasteiger partial charge < -0.3 is 15.5 Å². The number of fused-ring (bicyclic) bond motifs is 1. The average molecular weight is 379 g/mol. The molecule has 10 heteroatoms. The summed E-state index contributed by atoms with van der Waals surface area (Å²) in [6, 6.07) is 0.774. The van der Waals surface area contributed by atoms with Crippen LogP contribution in [0, 0.1) is 24.4 Å². The molecule has 2 heterocycles. The van der Waals surface area contributed by atoms with Crippen molar-refractivity contribution in [3.8, 4) is 0 Å². The summed E-state index contributed by atoms with van der Waals surface area (Å²) in [5.74, 6) is -3.36. The number of carbonyl (C=O) groups excluding carboxylic acids is 2. The number of halogens is 3. The highest BCUT2D eigenvalue weighted by Crippen LogP contribution is 2.27. The normalized spacial score (nSPS) is 14.4. The van der Waals surface area contributed by atoms with Crippen LogP contribution in [-0.4, -0.2) is 33.4 Å². The van der Waals surface area contributed by atoms with Crippen LogP contribution in [0.25, 0.3) is 0 Å². The molecule has 1 aliphatic heterocycles. The van der Waals surface area contributed by atoms with Gasteiger partial charge in [-0.2, -0.15) is 0 Å². The van der Waals surface area contributed by atoms with Crippen LogP contribution in [0.2, 0.25) is 0 Å². The van der Waals surface area contributed by atoms with Crippen LogP contribution in [0.5, 0.6) is 0 Å². The van der Waals surface area contributed by atoms with Crippen molar-refractivity contribution in [3.63, 3.8) is 0 Å². The lowest BCUT2D eigenvalue weighted by atomic mass is 10.1. The Morgan fingerprint density at radius 1 is 1.30 bits per heavy atom. The number of aromatic nitrogens is 2. The quantitative estimate of drug-likeness (QED) is 0.854. The number of hydrogen-bond donors (Lipinski definition) is 2. The summed E-state index contributed by atoms with van der Waals surface area (Å²) in [7, 11) is 0. The van der Waals surface area contributed by atoms with Gasteiger partial charge in [0.15, 0.2) is 17.5 Å². The number of carbonyl (C=O) groups is 2. The molecule has 2 aromatic rings. The summed E-state index contributed by atoms with van der Waals surface area (Å²) in [5, 5.41) is 4.93. The Hall–Kier alpha value is -3.17. The topological polar surface area (TPSA) is 87.2 Å². The van der Waals surface area contributed by atoms with Gasteiger partial charge in [-0.15, -0.1) is 0 Å². The first-order valence-corrected chi connectivity index (χ1v) is 8.07. The first-order chi connectivity index (χ1) is 12.8. The molecule has 7 nitrogen and oxygen atoms in total. The van der Waals surface area contributed by atoms with E-state index in [0.29, 0.717) is 0 Å². The number of nitrogens with zero attached hydrogens (tertiary/aromatic N) is 3. The van der Waals surface area contributed by atoms with Crippen molar-refractivity contribution in [1.29, 1.82) is 0 Å². The number of aryl methyl sites for hydroxylation is 1. The zero-order valence-corrected chi connectivity index (χ0v) is 14.5. The highest BCUT2D eigenvalue weighted by Gasteiger charge is 2.28. The first kappa shape index (κ1) is 18.6. The lowest BCUT2D eigenvalue weighted by molar-refractivity contribution is -0.122. The highest BCUT2D eigenvalue weighted by atomic mass is 19.2. The SMILES string of the molecule is Cc1ncnc([C@H](C)NC(=O)CN2Cc3c(ccc(F)c3F)NC2=O)c1F. The summed E-state index contributed by atoms with van der Waals surface area (Å²) >= 11 is 0. The molecule has 27 heavy (non-hydrogen) atoms. The van der Waals surface area contributed by atoms with Crippen LogP contribution in [0.1, 0.15) is 29.9 Å². The van der Waals surface area contributed by atoms with Gasteiger partial charge in [-0.25, -0.2) is 27.9 Å². The van der Waals surface area contributed by atoms with E-state index in [4.69, 9.17) is 0 Å². The van der Waals surface area contributed by atoms with Gasteiger partial charge in [0.2, 0.25) is 5.91 Å². The molecule has 1 atom stereocenters. The van der Waals surface area contributed by atoms with Gasteiger partial charge in [0.1, 0.15) is 18.6 Å². The average Bonchev–Trinajstić information content (AvgIpc) is 2.62. The smallest absolute Gasteiger partial charge is 0.322 e. The minimum Gasteiger partial charge on any atom is -0.346 e. The minimum absolute atomic E-state index is 0.0115. The minimum atomic E-state index is -1.08. The van der Waals surface area contributed by atoms with Crippen LogP contribution in [0.3, 0.4) is 0 Å². The molecule has 0 spiro atoms. The molecule has 1 aromatic heterocycles. The molecule has 3 amide bonds. The number of rotatable bonds is 4. The molecule has 0 bridgehead atoms. The van der Waals surface area contributed by atoms with E-state index in [2.05, 4.69) is 20.6 Å². The van der Waals surface area contributed by atoms with Gasteiger partial charge in [-0.1, -0.05) is 0 Å². The lowest BCUT2D eigenvalue weighted by Gasteiger charge is -2.29. The maximum Gasteiger partial charge on any atom is 0.322 e. The molecule has 0 radical (unpaired) electrons. The Kier molecular flexibility index (Phi) is 4.98. The van der Waals surface area contributed by atoms with Gasteiger partial charge in [0.05, 0.1) is 24.0 Å². The second-order valence-electron chi connectivity index (χ2n) is 6.12. The Balaban J connectivity index is 1.70. The molecule has 142 valence electrons. The summed E-state index contributed by atoms with van der Waals surface area (Å²) < 4.78 is 41.4. The van der Waals surface area contributed by atoms with Crippen molar-refractivity contribution in [3.05, 3.63) is 52.9 Å². The predicted octanol–water partition coefficient (Wildman–Crippen LogP) is 2.43. The monoisotopic (exact) mass is 379 g/mol. The largest absolute Gasteiger partial charge is 0.346 e. The van der Waals surface area contributed by atoms with Crippen molar-refractivity contribution in [2.24, 2.45) is 0 Å². The Bertz CT molecular complexity index is 922. The maximum atomic E-state index is 14.0. The van der Waals surface area contributed by atoms with E-state index in [9.17, 15) is 22.8 Å². The first-order valence-electron chi connectivity index (χ1n) is 8.07. The third-order valence-electron chi connectivity index (χ3n) is 4.19. The standard InChI is InChI=1S/C17H16F3N5O2/c1-8-14(19)16(22-7-21-8)9(2)23-13(26)6-25-5-10-12(24-17(25)27)4-3-11(18)15(10)20/h3-4,7,9H,5-6H2,1-2H3,(H,23,26)(H,24,27)/t9-/m0/s1. The molecule has 0 aliphatic carbocycles. The van der Waals surface area contributed by atoms with Gasteiger partial charge in [-0.3, -0.25) is 4.79 Å². The van der Waals surface area contributed by atoms with Crippen LogP contribution < -0.4 is 10.6 Å². The van der Waals surface area contributed by atoms with E-state index in [0.717, 1.165) is 11.0 Å². The van der Waals surface area contributed by atoms with Crippen LogP contribution in [-0.2, 0) is 11.3 Å². The fourth-order valence-electron chi connectivity index (χ4n) is 2.76. The molecule has 3 rings (SSSR count). The summed E-state index contributed by atoms with van der Waals surface area (Å²) in [6.07, 6.45) is 1.18. The molecule has 1 aliphatic rings.